The van der Waals surface area contributed by atoms with Crippen molar-refractivity contribution in [1.29, 1.82) is 0 Å². The first-order chi connectivity index (χ1) is 9.06. The molecule has 0 aliphatic heterocycles. The predicted octanol–water partition coefficient (Wildman–Crippen LogP) is 4.64. The van der Waals surface area contributed by atoms with Gasteiger partial charge in [0.1, 0.15) is 0 Å². The minimum Gasteiger partial charge on any atom is -0.469 e. The highest BCUT2D eigenvalue weighted by Gasteiger charge is 2.20. The van der Waals surface area contributed by atoms with Crippen LogP contribution >= 0.6 is 34.8 Å². The summed E-state index contributed by atoms with van der Waals surface area (Å²) >= 11 is 17.8. The minimum atomic E-state index is -0.481. The van der Waals surface area contributed by atoms with E-state index >= 15 is 0 Å². The second-order valence-electron chi connectivity index (χ2n) is 4.10. The van der Waals surface area contributed by atoms with Crippen LogP contribution in [0.4, 0.5) is 0 Å². The highest BCUT2D eigenvalue weighted by Crippen LogP contribution is 2.30. The molecule has 2 aromatic carbocycles. The standard InChI is InChI=1S/C14H11Cl3O2/c1-19-14(18)11(7-15)9-3-2-8-5-12(16)13(17)6-10(8)4-9/h2-6,11H,7H2,1H3. The third-order valence-corrected chi connectivity index (χ3v) is 3.98. The van der Waals surface area contributed by atoms with Gasteiger partial charge in [-0.2, -0.15) is 0 Å². The first kappa shape index (κ1) is 14.4. The summed E-state index contributed by atoms with van der Waals surface area (Å²) in [5, 5.41) is 2.85. The van der Waals surface area contributed by atoms with E-state index in [0.29, 0.717) is 10.0 Å². The number of ether oxygens (including phenoxy) is 1. The summed E-state index contributed by atoms with van der Waals surface area (Å²) in [6.07, 6.45) is 0. The molecule has 0 bridgehead atoms. The maximum atomic E-state index is 11.6. The Balaban J connectivity index is 2.51. The molecule has 0 amide bonds. The number of esters is 1. The van der Waals surface area contributed by atoms with Gasteiger partial charge in [0.05, 0.1) is 23.1 Å². The van der Waals surface area contributed by atoms with Crippen molar-refractivity contribution in [2.24, 2.45) is 0 Å². The molecule has 0 saturated heterocycles. The van der Waals surface area contributed by atoms with E-state index in [0.717, 1.165) is 16.3 Å². The molecular weight excluding hydrogens is 307 g/mol. The molecule has 0 aromatic heterocycles. The zero-order valence-corrected chi connectivity index (χ0v) is 12.4. The number of carbonyl (C=O) groups excluding carboxylic acids is 1. The molecule has 5 heteroatoms. The number of alkyl halides is 1. The van der Waals surface area contributed by atoms with Gasteiger partial charge in [0.25, 0.3) is 0 Å². The van der Waals surface area contributed by atoms with Gasteiger partial charge in [-0.25, -0.2) is 0 Å². The van der Waals surface area contributed by atoms with Gasteiger partial charge in [0.2, 0.25) is 0 Å². The Morgan fingerprint density at radius 3 is 2.37 bits per heavy atom. The highest BCUT2D eigenvalue weighted by atomic mass is 35.5. The van der Waals surface area contributed by atoms with Gasteiger partial charge >= 0.3 is 5.97 Å². The van der Waals surface area contributed by atoms with Crippen LogP contribution in [0, 0.1) is 0 Å². The Morgan fingerprint density at radius 1 is 1.16 bits per heavy atom. The summed E-state index contributed by atoms with van der Waals surface area (Å²) in [7, 11) is 1.35. The zero-order valence-electron chi connectivity index (χ0n) is 10.1. The van der Waals surface area contributed by atoms with Crippen molar-refractivity contribution in [3.63, 3.8) is 0 Å². The molecule has 2 rings (SSSR count). The van der Waals surface area contributed by atoms with E-state index in [1.54, 1.807) is 12.1 Å². The van der Waals surface area contributed by atoms with Crippen LogP contribution in [-0.2, 0) is 9.53 Å². The number of carbonyl (C=O) groups is 1. The van der Waals surface area contributed by atoms with E-state index < -0.39 is 5.92 Å². The first-order valence-corrected chi connectivity index (χ1v) is 6.88. The van der Waals surface area contributed by atoms with Crippen LogP contribution in [-0.4, -0.2) is 19.0 Å². The summed E-state index contributed by atoms with van der Waals surface area (Å²) in [4.78, 5) is 11.6. The molecule has 100 valence electrons. The van der Waals surface area contributed by atoms with E-state index in [-0.39, 0.29) is 11.8 Å². The van der Waals surface area contributed by atoms with Crippen molar-refractivity contribution >= 4 is 51.5 Å². The lowest BCUT2D eigenvalue weighted by molar-refractivity contribution is -0.141. The number of halogens is 3. The fourth-order valence-electron chi connectivity index (χ4n) is 1.91. The van der Waals surface area contributed by atoms with Crippen LogP contribution < -0.4 is 0 Å². The molecule has 0 aliphatic carbocycles. The monoisotopic (exact) mass is 316 g/mol. The van der Waals surface area contributed by atoms with Gasteiger partial charge in [-0.3, -0.25) is 4.79 Å². The molecular formula is C14H11Cl3O2. The quantitative estimate of drug-likeness (QED) is 0.609. The van der Waals surface area contributed by atoms with Crippen LogP contribution in [0.25, 0.3) is 10.8 Å². The maximum absolute atomic E-state index is 11.6. The number of fused-ring (bicyclic) bond motifs is 1. The van der Waals surface area contributed by atoms with Crippen molar-refractivity contribution < 1.29 is 9.53 Å². The topological polar surface area (TPSA) is 26.3 Å². The average molecular weight is 318 g/mol. The summed E-state index contributed by atoms with van der Waals surface area (Å²) in [5.74, 6) is -0.667. The Hall–Kier alpha value is -0.960. The Labute approximate surface area is 126 Å². The molecule has 2 nitrogen and oxygen atoms in total. The second kappa shape index (κ2) is 6.00. The van der Waals surface area contributed by atoms with Gasteiger partial charge in [-0.05, 0) is 28.5 Å². The normalized spacial score (nSPS) is 12.4. The van der Waals surface area contributed by atoms with Crippen molar-refractivity contribution in [3.05, 3.63) is 45.9 Å². The molecule has 0 fully saturated rings. The highest BCUT2D eigenvalue weighted by molar-refractivity contribution is 6.42. The summed E-state index contributed by atoms with van der Waals surface area (Å²) in [5.41, 5.74) is 0.799. The average Bonchev–Trinajstić information content (AvgIpc) is 2.41. The lowest BCUT2D eigenvalue weighted by Crippen LogP contribution is -2.15. The fraction of sp³-hybridized carbons (Fsp3) is 0.214. The molecule has 0 aliphatic rings. The van der Waals surface area contributed by atoms with Gasteiger partial charge < -0.3 is 4.74 Å². The molecule has 0 spiro atoms. The number of hydrogen-bond donors (Lipinski definition) is 0. The van der Waals surface area contributed by atoms with Crippen LogP contribution in [0.15, 0.2) is 30.3 Å². The second-order valence-corrected chi connectivity index (χ2v) is 5.23. The smallest absolute Gasteiger partial charge is 0.314 e. The summed E-state index contributed by atoms with van der Waals surface area (Å²) in [6, 6.07) is 9.16. The molecule has 2 aromatic rings. The Kier molecular flexibility index (Phi) is 4.56. The van der Waals surface area contributed by atoms with Crippen molar-refractivity contribution in [2.75, 3.05) is 13.0 Å². The summed E-state index contributed by atoms with van der Waals surface area (Å²) in [6.45, 7) is 0. The number of benzene rings is 2. The fourth-order valence-corrected chi connectivity index (χ4v) is 2.56. The van der Waals surface area contributed by atoms with Gasteiger partial charge in [-0.15, -0.1) is 11.6 Å². The Morgan fingerprint density at radius 2 is 1.79 bits per heavy atom. The maximum Gasteiger partial charge on any atom is 0.314 e. The molecule has 1 unspecified atom stereocenters. The molecule has 1 atom stereocenters. The number of rotatable bonds is 3. The van der Waals surface area contributed by atoms with Gasteiger partial charge in [0.15, 0.2) is 0 Å². The van der Waals surface area contributed by atoms with E-state index in [2.05, 4.69) is 0 Å². The molecule has 19 heavy (non-hydrogen) atoms. The van der Waals surface area contributed by atoms with E-state index in [1.165, 1.54) is 7.11 Å². The molecule has 0 heterocycles. The predicted molar refractivity (Wildman–Crippen MR) is 79.4 cm³/mol. The zero-order chi connectivity index (χ0) is 14.0. The number of hydrogen-bond acceptors (Lipinski definition) is 2. The van der Waals surface area contributed by atoms with Crippen molar-refractivity contribution in [3.8, 4) is 0 Å². The van der Waals surface area contributed by atoms with Crippen LogP contribution in [0.3, 0.4) is 0 Å². The molecule has 0 radical (unpaired) electrons. The Bertz CT molecular complexity index is 625. The third kappa shape index (κ3) is 2.97. The first-order valence-electron chi connectivity index (χ1n) is 5.59. The van der Waals surface area contributed by atoms with Crippen molar-refractivity contribution in [1.82, 2.24) is 0 Å². The van der Waals surface area contributed by atoms with Crippen LogP contribution in [0.5, 0.6) is 0 Å². The lowest BCUT2D eigenvalue weighted by Gasteiger charge is -2.13. The largest absolute Gasteiger partial charge is 0.469 e. The van der Waals surface area contributed by atoms with Crippen LogP contribution in [0.1, 0.15) is 11.5 Å². The van der Waals surface area contributed by atoms with E-state index in [9.17, 15) is 4.79 Å². The lowest BCUT2D eigenvalue weighted by atomic mass is 9.98. The van der Waals surface area contributed by atoms with Crippen molar-refractivity contribution in [2.45, 2.75) is 5.92 Å². The molecule has 0 N–H and O–H groups in total. The van der Waals surface area contributed by atoms with Crippen LogP contribution in [0.2, 0.25) is 10.0 Å². The third-order valence-electron chi connectivity index (χ3n) is 2.95. The molecule has 0 saturated carbocycles. The SMILES string of the molecule is COC(=O)C(CCl)c1ccc2cc(Cl)c(Cl)cc2c1. The number of methoxy groups -OCH3 is 1. The van der Waals surface area contributed by atoms with E-state index in [1.807, 2.05) is 18.2 Å². The minimum absolute atomic E-state index is 0.166. The summed E-state index contributed by atoms with van der Waals surface area (Å²) < 4.78 is 4.74. The van der Waals surface area contributed by atoms with Gasteiger partial charge in [-0.1, -0.05) is 41.4 Å². The van der Waals surface area contributed by atoms with E-state index in [4.69, 9.17) is 39.5 Å². The van der Waals surface area contributed by atoms with Gasteiger partial charge in [0, 0.05) is 5.88 Å².